The van der Waals surface area contributed by atoms with Crippen molar-refractivity contribution in [3.8, 4) is 0 Å². The zero-order valence-corrected chi connectivity index (χ0v) is 15.9. The predicted molar refractivity (Wildman–Crippen MR) is 101 cm³/mol. The van der Waals surface area contributed by atoms with E-state index >= 15 is 0 Å². The van der Waals surface area contributed by atoms with Gasteiger partial charge in [-0.25, -0.2) is 0 Å². The summed E-state index contributed by atoms with van der Waals surface area (Å²) in [6, 6.07) is 0. The fourth-order valence-corrected chi connectivity index (χ4v) is 3.79. The van der Waals surface area contributed by atoms with Crippen molar-refractivity contribution in [2.75, 3.05) is 0 Å². The molecular formula is C22H40. The van der Waals surface area contributed by atoms with Crippen LogP contribution in [0.15, 0.2) is 23.8 Å². The molecule has 0 N–H and O–H groups in total. The van der Waals surface area contributed by atoms with E-state index in [0.717, 1.165) is 23.7 Å². The van der Waals surface area contributed by atoms with Crippen LogP contribution in [0.4, 0.5) is 0 Å². The number of rotatable bonds is 7. The van der Waals surface area contributed by atoms with Crippen LogP contribution in [0.3, 0.4) is 0 Å². The zero-order valence-electron chi connectivity index (χ0n) is 15.9. The minimum absolute atomic E-state index is 0.839. The van der Waals surface area contributed by atoms with Crippen molar-refractivity contribution in [2.45, 2.75) is 92.4 Å². The van der Waals surface area contributed by atoms with Gasteiger partial charge in [-0.3, -0.25) is 0 Å². The smallest absolute Gasteiger partial charge is 0.0295 e. The van der Waals surface area contributed by atoms with E-state index in [2.05, 4.69) is 52.8 Å². The summed E-state index contributed by atoms with van der Waals surface area (Å²) < 4.78 is 0. The quantitative estimate of drug-likeness (QED) is 0.426. The lowest BCUT2D eigenvalue weighted by atomic mass is 9.77. The maximum Gasteiger partial charge on any atom is -0.0295 e. The highest BCUT2D eigenvalue weighted by Gasteiger charge is 2.22. The largest absolute Gasteiger partial charge is 0.0887 e. The van der Waals surface area contributed by atoms with Gasteiger partial charge in [-0.05, 0) is 76.0 Å². The van der Waals surface area contributed by atoms with Gasteiger partial charge in [0.05, 0.1) is 0 Å². The Bertz CT molecular complexity index is 334. The maximum atomic E-state index is 2.51. The summed E-state index contributed by atoms with van der Waals surface area (Å²) >= 11 is 0. The topological polar surface area (TPSA) is 0 Å². The molecular weight excluding hydrogens is 264 g/mol. The van der Waals surface area contributed by atoms with Crippen LogP contribution in [0.2, 0.25) is 0 Å². The molecule has 0 amide bonds. The molecule has 1 aliphatic carbocycles. The van der Waals surface area contributed by atoms with E-state index in [1.807, 2.05) is 0 Å². The van der Waals surface area contributed by atoms with Gasteiger partial charge >= 0.3 is 0 Å². The lowest BCUT2D eigenvalue weighted by molar-refractivity contribution is 0.252. The van der Waals surface area contributed by atoms with Crippen molar-refractivity contribution in [3.05, 3.63) is 23.8 Å². The van der Waals surface area contributed by atoms with Gasteiger partial charge in [-0.1, -0.05) is 63.8 Å². The van der Waals surface area contributed by atoms with Gasteiger partial charge in [-0.2, -0.15) is 0 Å². The molecule has 0 spiro atoms. The summed E-state index contributed by atoms with van der Waals surface area (Å²) in [5.74, 6) is 3.53. The molecule has 0 aromatic heterocycles. The molecule has 0 nitrogen and oxygen atoms in total. The molecule has 0 fully saturated rings. The summed E-state index contributed by atoms with van der Waals surface area (Å²) in [4.78, 5) is 0. The Morgan fingerprint density at radius 2 is 1.95 bits per heavy atom. The third kappa shape index (κ3) is 8.20. The Morgan fingerprint density at radius 3 is 2.64 bits per heavy atom. The Hall–Kier alpha value is -0.520. The van der Waals surface area contributed by atoms with Crippen molar-refractivity contribution in [1.29, 1.82) is 0 Å². The van der Waals surface area contributed by atoms with E-state index in [1.54, 1.807) is 5.57 Å². The Labute approximate surface area is 140 Å². The average molecular weight is 305 g/mol. The Morgan fingerprint density at radius 1 is 1.18 bits per heavy atom. The van der Waals surface area contributed by atoms with Crippen LogP contribution in [0, 0.1) is 23.7 Å². The second-order valence-corrected chi connectivity index (χ2v) is 8.14. The summed E-state index contributed by atoms with van der Waals surface area (Å²) in [5, 5.41) is 0. The fraction of sp³-hybridized carbons (Fsp3) is 0.818. The Kier molecular flexibility index (Phi) is 9.84. The SMILES string of the molecule is CC=C(C)CC(CCC(C)C)CC1CC=CCCCCC1C. The Balaban J connectivity index is 2.66. The zero-order chi connectivity index (χ0) is 16.4. The minimum atomic E-state index is 0.839. The number of hydrogen-bond donors (Lipinski definition) is 0. The van der Waals surface area contributed by atoms with E-state index in [0.29, 0.717) is 0 Å². The standard InChI is InChI=1S/C22H40/c1-6-19(4)16-21(15-14-18(2)3)17-22-13-11-9-7-8-10-12-20(22)5/h6,9,11,18,20-22H,7-8,10,12-17H2,1-5H3. The monoisotopic (exact) mass is 304 g/mol. The molecule has 0 heterocycles. The average Bonchev–Trinajstić information content (AvgIpc) is 2.58. The van der Waals surface area contributed by atoms with Crippen LogP contribution in [0.5, 0.6) is 0 Å². The molecule has 22 heavy (non-hydrogen) atoms. The van der Waals surface area contributed by atoms with Gasteiger partial charge in [0, 0.05) is 0 Å². The molecule has 0 aromatic carbocycles. The second kappa shape index (κ2) is 11.1. The molecule has 3 atom stereocenters. The molecule has 3 unspecified atom stereocenters. The highest BCUT2D eigenvalue weighted by atomic mass is 14.3. The third-order valence-corrected chi connectivity index (χ3v) is 5.58. The van der Waals surface area contributed by atoms with Crippen molar-refractivity contribution < 1.29 is 0 Å². The molecule has 1 aliphatic rings. The summed E-state index contributed by atoms with van der Waals surface area (Å²) in [6.45, 7) is 11.7. The summed E-state index contributed by atoms with van der Waals surface area (Å²) in [6.07, 6.45) is 19.6. The maximum absolute atomic E-state index is 2.51. The van der Waals surface area contributed by atoms with E-state index in [9.17, 15) is 0 Å². The first kappa shape index (κ1) is 19.5. The first-order valence-electron chi connectivity index (χ1n) is 9.79. The summed E-state index contributed by atoms with van der Waals surface area (Å²) in [5.41, 5.74) is 1.58. The van der Waals surface area contributed by atoms with Crippen molar-refractivity contribution in [2.24, 2.45) is 23.7 Å². The number of allylic oxidation sites excluding steroid dienone is 4. The predicted octanol–water partition coefficient (Wildman–Crippen LogP) is 7.56. The van der Waals surface area contributed by atoms with E-state index in [-0.39, 0.29) is 0 Å². The summed E-state index contributed by atoms with van der Waals surface area (Å²) in [7, 11) is 0. The molecule has 0 aliphatic heterocycles. The second-order valence-electron chi connectivity index (χ2n) is 8.14. The lowest BCUT2D eigenvalue weighted by Gasteiger charge is -2.28. The van der Waals surface area contributed by atoms with Gasteiger partial charge in [0.1, 0.15) is 0 Å². The number of hydrogen-bond acceptors (Lipinski definition) is 0. The molecule has 1 rings (SSSR count). The van der Waals surface area contributed by atoms with Crippen LogP contribution in [-0.4, -0.2) is 0 Å². The van der Waals surface area contributed by atoms with Gasteiger partial charge in [0.2, 0.25) is 0 Å². The molecule has 0 heteroatoms. The normalized spacial score (nSPS) is 25.6. The lowest BCUT2D eigenvalue weighted by Crippen LogP contribution is -2.17. The molecule has 0 saturated carbocycles. The van der Waals surface area contributed by atoms with Crippen LogP contribution in [0.1, 0.15) is 92.4 Å². The van der Waals surface area contributed by atoms with Crippen LogP contribution >= 0.6 is 0 Å². The van der Waals surface area contributed by atoms with E-state index in [4.69, 9.17) is 0 Å². The fourth-order valence-electron chi connectivity index (χ4n) is 3.79. The van der Waals surface area contributed by atoms with Crippen LogP contribution in [0.25, 0.3) is 0 Å². The molecule has 0 bridgehead atoms. The minimum Gasteiger partial charge on any atom is -0.0887 e. The first-order chi connectivity index (χ1) is 10.5. The van der Waals surface area contributed by atoms with Crippen molar-refractivity contribution >= 4 is 0 Å². The van der Waals surface area contributed by atoms with Crippen LogP contribution in [-0.2, 0) is 0 Å². The van der Waals surface area contributed by atoms with Crippen LogP contribution < -0.4 is 0 Å². The van der Waals surface area contributed by atoms with Gasteiger partial charge in [-0.15, -0.1) is 0 Å². The molecule has 0 saturated heterocycles. The highest BCUT2D eigenvalue weighted by Crippen LogP contribution is 2.34. The van der Waals surface area contributed by atoms with Gasteiger partial charge in [0.15, 0.2) is 0 Å². The highest BCUT2D eigenvalue weighted by molar-refractivity contribution is 4.98. The van der Waals surface area contributed by atoms with Crippen molar-refractivity contribution in [3.63, 3.8) is 0 Å². The third-order valence-electron chi connectivity index (χ3n) is 5.58. The molecule has 128 valence electrons. The van der Waals surface area contributed by atoms with E-state index in [1.165, 1.54) is 57.8 Å². The van der Waals surface area contributed by atoms with Crippen molar-refractivity contribution in [1.82, 2.24) is 0 Å². The van der Waals surface area contributed by atoms with Gasteiger partial charge in [0.25, 0.3) is 0 Å². The molecule has 0 radical (unpaired) electrons. The molecule has 0 aromatic rings. The van der Waals surface area contributed by atoms with E-state index < -0.39 is 0 Å². The van der Waals surface area contributed by atoms with Gasteiger partial charge < -0.3 is 0 Å². The first-order valence-corrected chi connectivity index (χ1v) is 9.79.